The minimum absolute atomic E-state index is 0.227. The Labute approximate surface area is 115 Å². The number of piperazine rings is 1. The average molecular weight is 264 g/mol. The minimum Gasteiger partial charge on any atom is -0.395 e. The molecule has 1 atom stereocenters. The van der Waals surface area contributed by atoms with Gasteiger partial charge >= 0.3 is 0 Å². The van der Waals surface area contributed by atoms with Crippen LogP contribution in [0.15, 0.2) is 18.3 Å². The molecule has 1 aliphatic rings. The van der Waals surface area contributed by atoms with Crippen molar-refractivity contribution in [2.75, 3.05) is 52.3 Å². The van der Waals surface area contributed by atoms with E-state index in [9.17, 15) is 5.11 Å². The molecule has 5 nitrogen and oxygen atoms in total. The quantitative estimate of drug-likeness (QED) is 0.845. The van der Waals surface area contributed by atoms with Gasteiger partial charge in [-0.1, -0.05) is 6.07 Å². The molecule has 0 bridgehead atoms. The van der Waals surface area contributed by atoms with E-state index in [1.165, 1.54) is 5.56 Å². The van der Waals surface area contributed by atoms with E-state index >= 15 is 0 Å². The summed E-state index contributed by atoms with van der Waals surface area (Å²) in [6.07, 6.45) is 1.95. The second-order valence-electron chi connectivity index (χ2n) is 5.47. The van der Waals surface area contributed by atoms with Gasteiger partial charge in [0.15, 0.2) is 0 Å². The number of hydrogen-bond donors (Lipinski definition) is 1. The largest absolute Gasteiger partial charge is 0.395 e. The molecular formula is C14H24N4O. The first kappa shape index (κ1) is 14.2. The van der Waals surface area contributed by atoms with Crippen molar-refractivity contribution < 1.29 is 5.11 Å². The highest BCUT2D eigenvalue weighted by molar-refractivity contribution is 5.37. The molecule has 1 saturated heterocycles. The van der Waals surface area contributed by atoms with Crippen LogP contribution in [-0.4, -0.2) is 73.3 Å². The van der Waals surface area contributed by atoms with Crippen molar-refractivity contribution in [3.05, 3.63) is 23.9 Å². The summed E-state index contributed by atoms with van der Waals surface area (Å²) in [6.45, 7) is 4.11. The zero-order valence-electron chi connectivity index (χ0n) is 12.1. The Morgan fingerprint density at radius 1 is 1.37 bits per heavy atom. The summed E-state index contributed by atoms with van der Waals surface area (Å²) in [4.78, 5) is 11.0. The highest BCUT2D eigenvalue weighted by Crippen LogP contribution is 2.13. The van der Waals surface area contributed by atoms with Gasteiger partial charge in [-0.2, -0.15) is 0 Å². The molecule has 1 aliphatic heterocycles. The van der Waals surface area contributed by atoms with Gasteiger partial charge in [0.25, 0.3) is 0 Å². The number of nitrogens with zero attached hydrogens (tertiary/aromatic N) is 4. The molecule has 1 N–H and O–H groups in total. The molecule has 1 unspecified atom stereocenters. The Morgan fingerprint density at radius 3 is 2.74 bits per heavy atom. The Kier molecular flexibility index (Phi) is 4.74. The van der Waals surface area contributed by atoms with Gasteiger partial charge < -0.3 is 10.0 Å². The van der Waals surface area contributed by atoms with Gasteiger partial charge in [0.2, 0.25) is 0 Å². The number of pyridine rings is 1. The van der Waals surface area contributed by atoms with E-state index in [0.717, 1.165) is 32.0 Å². The molecule has 5 heteroatoms. The zero-order valence-corrected chi connectivity index (χ0v) is 12.1. The van der Waals surface area contributed by atoms with Crippen molar-refractivity contribution in [3.63, 3.8) is 0 Å². The van der Waals surface area contributed by atoms with Gasteiger partial charge in [-0.25, -0.2) is 4.98 Å². The van der Waals surface area contributed by atoms with E-state index < -0.39 is 0 Å². The summed E-state index contributed by atoms with van der Waals surface area (Å²) in [7, 11) is 6.06. The molecule has 0 aliphatic carbocycles. The van der Waals surface area contributed by atoms with E-state index in [1.807, 2.05) is 25.2 Å². The number of aliphatic hydroxyl groups is 1. The van der Waals surface area contributed by atoms with Crippen LogP contribution in [0.5, 0.6) is 0 Å². The highest BCUT2D eigenvalue weighted by atomic mass is 16.3. The van der Waals surface area contributed by atoms with Crippen LogP contribution in [0.3, 0.4) is 0 Å². The fraction of sp³-hybridized carbons (Fsp3) is 0.643. The average Bonchev–Trinajstić information content (AvgIpc) is 2.41. The first-order valence-electron chi connectivity index (χ1n) is 6.76. The van der Waals surface area contributed by atoms with Crippen LogP contribution in [0.25, 0.3) is 0 Å². The zero-order chi connectivity index (χ0) is 13.8. The van der Waals surface area contributed by atoms with Crippen LogP contribution < -0.4 is 4.90 Å². The summed E-state index contributed by atoms with van der Waals surface area (Å²) in [5.41, 5.74) is 1.23. The molecule has 1 fully saturated rings. The van der Waals surface area contributed by atoms with Gasteiger partial charge in [-0.15, -0.1) is 0 Å². The molecule has 0 spiro atoms. The minimum atomic E-state index is 0.227. The van der Waals surface area contributed by atoms with Crippen LogP contribution in [0.2, 0.25) is 0 Å². The summed E-state index contributed by atoms with van der Waals surface area (Å²) < 4.78 is 0. The number of aromatic nitrogens is 1. The maximum atomic E-state index is 9.36. The van der Waals surface area contributed by atoms with E-state index in [1.54, 1.807) is 0 Å². The van der Waals surface area contributed by atoms with Crippen LogP contribution in [-0.2, 0) is 6.54 Å². The first-order valence-corrected chi connectivity index (χ1v) is 6.76. The maximum Gasteiger partial charge on any atom is 0.127 e. The lowest BCUT2D eigenvalue weighted by atomic mass is 10.1. The van der Waals surface area contributed by atoms with E-state index in [0.29, 0.717) is 0 Å². The monoisotopic (exact) mass is 264 g/mol. The van der Waals surface area contributed by atoms with Crippen LogP contribution in [0, 0.1) is 0 Å². The molecule has 0 aromatic carbocycles. The van der Waals surface area contributed by atoms with E-state index in [2.05, 4.69) is 34.0 Å². The van der Waals surface area contributed by atoms with Crippen molar-refractivity contribution in [2.24, 2.45) is 0 Å². The third kappa shape index (κ3) is 3.65. The molecule has 106 valence electrons. The molecule has 0 amide bonds. The van der Waals surface area contributed by atoms with Crippen molar-refractivity contribution in [1.82, 2.24) is 14.8 Å². The lowest BCUT2D eigenvalue weighted by Crippen LogP contribution is -2.52. The molecule has 0 radical (unpaired) electrons. The van der Waals surface area contributed by atoms with E-state index in [4.69, 9.17) is 0 Å². The van der Waals surface area contributed by atoms with Crippen molar-refractivity contribution in [3.8, 4) is 0 Å². The van der Waals surface area contributed by atoms with Gasteiger partial charge in [0.05, 0.1) is 6.61 Å². The lowest BCUT2D eigenvalue weighted by Gasteiger charge is -2.38. The smallest absolute Gasteiger partial charge is 0.127 e. The number of hydrogen-bond acceptors (Lipinski definition) is 5. The second-order valence-corrected chi connectivity index (χ2v) is 5.47. The lowest BCUT2D eigenvalue weighted by molar-refractivity contribution is 0.0539. The summed E-state index contributed by atoms with van der Waals surface area (Å²) >= 11 is 0. The van der Waals surface area contributed by atoms with Gasteiger partial charge in [-0.05, 0) is 18.7 Å². The fourth-order valence-electron chi connectivity index (χ4n) is 2.38. The van der Waals surface area contributed by atoms with Crippen molar-refractivity contribution >= 4 is 5.82 Å². The molecule has 2 heterocycles. The number of aliphatic hydroxyl groups excluding tert-OH is 1. The second kappa shape index (κ2) is 6.32. The Hall–Kier alpha value is -1.17. The summed E-state index contributed by atoms with van der Waals surface area (Å²) in [5.74, 6) is 0.982. The predicted molar refractivity (Wildman–Crippen MR) is 77.3 cm³/mol. The normalized spacial score (nSPS) is 21.6. The Bertz CT molecular complexity index is 393. The van der Waals surface area contributed by atoms with Crippen LogP contribution in [0.4, 0.5) is 5.82 Å². The third-order valence-electron chi connectivity index (χ3n) is 3.75. The standard InChI is InChI=1S/C14H24N4O/c1-16(2)14-5-4-12(8-15-14)9-18-7-6-17(3)13(10-18)11-19/h4-5,8,13,19H,6-7,9-11H2,1-3H3. The van der Waals surface area contributed by atoms with Crippen LogP contribution >= 0.6 is 0 Å². The Balaban J connectivity index is 1.94. The number of rotatable bonds is 4. The Morgan fingerprint density at radius 2 is 2.16 bits per heavy atom. The molecule has 19 heavy (non-hydrogen) atoms. The van der Waals surface area contributed by atoms with Gasteiger partial charge in [0, 0.05) is 52.5 Å². The van der Waals surface area contributed by atoms with Gasteiger partial charge in [-0.3, -0.25) is 9.80 Å². The SMILES string of the molecule is CN(C)c1ccc(CN2CCN(C)C(CO)C2)cn1. The maximum absolute atomic E-state index is 9.36. The molecular weight excluding hydrogens is 240 g/mol. The summed E-state index contributed by atoms with van der Waals surface area (Å²) in [6, 6.07) is 4.44. The topological polar surface area (TPSA) is 42.8 Å². The number of likely N-dealkylation sites (N-methyl/N-ethyl adjacent to an activating group) is 1. The molecule has 2 rings (SSSR count). The van der Waals surface area contributed by atoms with E-state index in [-0.39, 0.29) is 12.6 Å². The molecule has 0 saturated carbocycles. The van der Waals surface area contributed by atoms with Crippen molar-refractivity contribution in [1.29, 1.82) is 0 Å². The third-order valence-corrected chi connectivity index (χ3v) is 3.75. The number of anilines is 1. The molecule has 1 aromatic heterocycles. The highest BCUT2D eigenvalue weighted by Gasteiger charge is 2.23. The molecule has 1 aromatic rings. The summed E-state index contributed by atoms with van der Waals surface area (Å²) in [5, 5.41) is 9.36. The fourth-order valence-corrected chi connectivity index (χ4v) is 2.38. The van der Waals surface area contributed by atoms with Gasteiger partial charge in [0.1, 0.15) is 5.82 Å². The van der Waals surface area contributed by atoms with Crippen LogP contribution in [0.1, 0.15) is 5.56 Å². The van der Waals surface area contributed by atoms with Crippen molar-refractivity contribution in [2.45, 2.75) is 12.6 Å². The first-order chi connectivity index (χ1) is 9.10. The predicted octanol–water partition coefficient (Wildman–Crippen LogP) is 0.256.